The van der Waals surface area contributed by atoms with Crippen LogP contribution in [0.15, 0.2) is 24.3 Å². The van der Waals surface area contributed by atoms with Gasteiger partial charge in [0.25, 0.3) is 0 Å². The minimum absolute atomic E-state index is 0.516. The Morgan fingerprint density at radius 3 is 2.72 bits per heavy atom. The summed E-state index contributed by atoms with van der Waals surface area (Å²) in [7, 11) is 0. The average molecular weight is 258 g/mol. The smallest absolute Gasteiger partial charge is 0.211 e. The highest BCUT2D eigenvalue weighted by Gasteiger charge is 2.14. The van der Waals surface area contributed by atoms with Gasteiger partial charge >= 0.3 is 0 Å². The number of aromatic nitrogens is 3. The predicted molar refractivity (Wildman–Crippen MR) is 74.1 cm³/mol. The van der Waals surface area contributed by atoms with E-state index in [1.807, 2.05) is 36.7 Å². The molecule has 4 nitrogen and oxygen atoms in total. The Labute approximate surface area is 109 Å². The number of hydrogen-bond acceptors (Lipinski definition) is 4. The molecule has 0 aliphatic heterocycles. The fraction of sp³-hybridized carbons (Fsp3) is 0.231. The molecule has 2 N–H and O–H groups in total. The van der Waals surface area contributed by atoms with E-state index >= 15 is 0 Å². The second-order valence-corrected chi connectivity index (χ2v) is 5.24. The normalized spacial score (nSPS) is 11.3. The van der Waals surface area contributed by atoms with Gasteiger partial charge in [0.1, 0.15) is 0 Å². The Bertz CT molecular complexity index is 678. The van der Waals surface area contributed by atoms with E-state index in [1.54, 1.807) is 11.3 Å². The van der Waals surface area contributed by atoms with Crippen LogP contribution in [-0.2, 0) is 6.54 Å². The maximum absolute atomic E-state index is 5.75. The number of nitrogens with zero attached hydrogens (tertiary/aromatic N) is 3. The van der Waals surface area contributed by atoms with Gasteiger partial charge in [-0.1, -0.05) is 23.5 Å². The first kappa shape index (κ1) is 11.4. The second-order valence-electron chi connectivity index (χ2n) is 4.23. The van der Waals surface area contributed by atoms with Crippen molar-refractivity contribution in [1.29, 1.82) is 0 Å². The van der Waals surface area contributed by atoms with E-state index in [-0.39, 0.29) is 0 Å². The molecule has 3 rings (SSSR count). The summed E-state index contributed by atoms with van der Waals surface area (Å²) in [6.07, 6.45) is 0. The van der Waals surface area contributed by atoms with Gasteiger partial charge < -0.3 is 5.73 Å². The van der Waals surface area contributed by atoms with E-state index < -0.39 is 0 Å². The molecule has 0 fully saturated rings. The molecule has 18 heavy (non-hydrogen) atoms. The van der Waals surface area contributed by atoms with Crippen molar-refractivity contribution in [3.63, 3.8) is 0 Å². The zero-order valence-corrected chi connectivity index (χ0v) is 11.2. The molecular weight excluding hydrogens is 244 g/mol. The summed E-state index contributed by atoms with van der Waals surface area (Å²) in [4.78, 5) is 4.61. The molecule has 0 radical (unpaired) electrons. The maximum atomic E-state index is 5.75. The van der Waals surface area contributed by atoms with Gasteiger partial charge in [0.05, 0.1) is 15.9 Å². The first-order valence-electron chi connectivity index (χ1n) is 5.82. The second kappa shape index (κ2) is 4.19. The van der Waals surface area contributed by atoms with Gasteiger partial charge in [0.15, 0.2) is 0 Å². The molecule has 3 aromatic rings. The molecule has 0 unspecified atom stereocenters. The lowest BCUT2D eigenvalue weighted by Gasteiger charge is -1.99. The van der Waals surface area contributed by atoms with E-state index in [0.717, 1.165) is 27.6 Å². The van der Waals surface area contributed by atoms with Crippen LogP contribution in [0.3, 0.4) is 0 Å². The van der Waals surface area contributed by atoms with Crippen LogP contribution in [0.2, 0.25) is 0 Å². The van der Waals surface area contributed by atoms with E-state index in [4.69, 9.17) is 5.73 Å². The van der Waals surface area contributed by atoms with Crippen molar-refractivity contribution < 1.29 is 0 Å². The summed E-state index contributed by atoms with van der Waals surface area (Å²) in [6.45, 7) is 4.54. The van der Waals surface area contributed by atoms with Crippen LogP contribution in [0.1, 0.15) is 17.0 Å². The Balaban J connectivity index is 2.20. The quantitative estimate of drug-likeness (QED) is 0.768. The van der Waals surface area contributed by atoms with Crippen LogP contribution < -0.4 is 5.73 Å². The highest BCUT2D eigenvalue weighted by Crippen LogP contribution is 2.26. The topological polar surface area (TPSA) is 56.7 Å². The van der Waals surface area contributed by atoms with Crippen molar-refractivity contribution in [2.24, 2.45) is 5.73 Å². The third kappa shape index (κ3) is 1.63. The number of rotatable bonds is 2. The summed E-state index contributed by atoms with van der Waals surface area (Å²) in [5.41, 5.74) is 9.93. The van der Waals surface area contributed by atoms with Gasteiger partial charge in [0.2, 0.25) is 5.13 Å². The third-order valence-corrected chi connectivity index (χ3v) is 4.12. The maximum Gasteiger partial charge on any atom is 0.211 e. The van der Waals surface area contributed by atoms with E-state index in [1.165, 1.54) is 4.70 Å². The zero-order valence-electron chi connectivity index (χ0n) is 10.3. The summed E-state index contributed by atoms with van der Waals surface area (Å²) in [5, 5.41) is 5.43. The molecule has 0 atom stereocenters. The first-order valence-corrected chi connectivity index (χ1v) is 6.63. The largest absolute Gasteiger partial charge is 0.326 e. The van der Waals surface area contributed by atoms with Crippen LogP contribution in [0.4, 0.5) is 0 Å². The summed E-state index contributed by atoms with van der Waals surface area (Å²) < 4.78 is 3.07. The molecule has 0 bridgehead atoms. The molecule has 0 spiro atoms. The Hall–Kier alpha value is -1.72. The number of benzene rings is 1. The van der Waals surface area contributed by atoms with Crippen LogP contribution in [0, 0.1) is 13.8 Å². The average Bonchev–Trinajstić information content (AvgIpc) is 2.90. The van der Waals surface area contributed by atoms with Crippen LogP contribution in [0.5, 0.6) is 0 Å². The van der Waals surface area contributed by atoms with Crippen LogP contribution in [0.25, 0.3) is 15.3 Å². The van der Waals surface area contributed by atoms with Crippen molar-refractivity contribution in [3.8, 4) is 5.13 Å². The van der Waals surface area contributed by atoms with Gasteiger partial charge in [-0.05, 0) is 26.0 Å². The van der Waals surface area contributed by atoms with Crippen LogP contribution >= 0.6 is 11.3 Å². The molecule has 2 heterocycles. The van der Waals surface area contributed by atoms with Crippen molar-refractivity contribution >= 4 is 21.6 Å². The summed E-state index contributed by atoms with van der Waals surface area (Å²) in [5.74, 6) is 0. The number of hydrogen-bond donors (Lipinski definition) is 1. The van der Waals surface area contributed by atoms with E-state index in [2.05, 4.69) is 16.1 Å². The first-order chi connectivity index (χ1) is 8.70. The number of thiazole rings is 1. The minimum Gasteiger partial charge on any atom is -0.326 e. The summed E-state index contributed by atoms with van der Waals surface area (Å²) >= 11 is 1.65. The molecule has 92 valence electrons. The predicted octanol–water partition coefficient (Wildman–Crippen LogP) is 2.56. The lowest BCUT2D eigenvalue weighted by atomic mass is 10.2. The van der Waals surface area contributed by atoms with Crippen LogP contribution in [-0.4, -0.2) is 14.8 Å². The van der Waals surface area contributed by atoms with Gasteiger partial charge in [-0.3, -0.25) is 0 Å². The highest BCUT2D eigenvalue weighted by molar-refractivity contribution is 7.20. The molecule has 5 heteroatoms. The molecule has 0 aliphatic carbocycles. The third-order valence-electron chi connectivity index (χ3n) is 3.11. The van der Waals surface area contributed by atoms with Crippen molar-refractivity contribution in [2.45, 2.75) is 20.4 Å². The lowest BCUT2D eigenvalue weighted by molar-refractivity contribution is 0.826. The monoisotopic (exact) mass is 258 g/mol. The number of aryl methyl sites for hydroxylation is 1. The van der Waals surface area contributed by atoms with Crippen molar-refractivity contribution in [2.75, 3.05) is 0 Å². The fourth-order valence-corrected chi connectivity index (χ4v) is 3.08. The fourth-order valence-electron chi connectivity index (χ4n) is 2.11. The lowest BCUT2D eigenvalue weighted by Crippen LogP contribution is -2.01. The molecule has 0 saturated carbocycles. The molecule has 0 amide bonds. The molecule has 2 aromatic heterocycles. The molecule has 1 aromatic carbocycles. The minimum atomic E-state index is 0.516. The number of fused-ring (bicyclic) bond motifs is 1. The van der Waals surface area contributed by atoms with Crippen molar-refractivity contribution in [3.05, 3.63) is 41.2 Å². The van der Waals surface area contributed by atoms with Gasteiger partial charge in [-0.15, -0.1) is 0 Å². The van der Waals surface area contributed by atoms with Crippen molar-refractivity contribution in [1.82, 2.24) is 14.8 Å². The van der Waals surface area contributed by atoms with E-state index in [9.17, 15) is 0 Å². The zero-order chi connectivity index (χ0) is 12.7. The van der Waals surface area contributed by atoms with Gasteiger partial charge in [-0.2, -0.15) is 5.10 Å². The molecule has 0 aliphatic rings. The van der Waals surface area contributed by atoms with Gasteiger partial charge in [-0.25, -0.2) is 9.67 Å². The Morgan fingerprint density at radius 1 is 1.28 bits per heavy atom. The van der Waals surface area contributed by atoms with Gasteiger partial charge in [0, 0.05) is 17.8 Å². The summed E-state index contributed by atoms with van der Waals surface area (Å²) in [6, 6.07) is 8.12. The number of nitrogens with two attached hydrogens (primary N) is 1. The SMILES string of the molecule is Cc1nn(-c2nc3ccccc3s2)c(C)c1CN. The Kier molecular flexibility index (Phi) is 2.65. The van der Waals surface area contributed by atoms with E-state index in [0.29, 0.717) is 6.54 Å². The highest BCUT2D eigenvalue weighted by atomic mass is 32.1. The number of para-hydroxylation sites is 1. The molecular formula is C13H14N4S. The Morgan fingerprint density at radius 2 is 2.06 bits per heavy atom. The standard InChI is InChI=1S/C13H14N4S/c1-8-10(7-14)9(2)17(16-8)13-15-11-5-3-4-6-12(11)18-13/h3-6H,7,14H2,1-2H3. The molecule has 0 saturated heterocycles.